The van der Waals surface area contributed by atoms with E-state index in [-0.39, 0.29) is 18.3 Å². The van der Waals surface area contributed by atoms with Crippen molar-refractivity contribution < 1.29 is 9.31 Å². The van der Waals surface area contributed by atoms with Crippen LogP contribution >= 0.6 is 0 Å². The maximum atomic E-state index is 6.00. The fourth-order valence-corrected chi connectivity index (χ4v) is 1.98. The zero-order valence-corrected chi connectivity index (χ0v) is 12.5. The van der Waals surface area contributed by atoms with Crippen LogP contribution in [0.4, 0.5) is 0 Å². The van der Waals surface area contributed by atoms with Gasteiger partial charge < -0.3 is 15.0 Å². The smallest absolute Gasteiger partial charge is 0.399 e. The SMILES string of the molecule is C=N/C=C(\N)c1ccc(B2OC(C)(C)C(C)(C)O2)cc1. The van der Waals surface area contributed by atoms with Crippen molar-refractivity contribution in [1.29, 1.82) is 0 Å². The number of hydrogen-bond donors (Lipinski definition) is 1. The average Bonchev–Trinajstić information content (AvgIpc) is 2.59. The van der Waals surface area contributed by atoms with Gasteiger partial charge in [-0.25, -0.2) is 0 Å². The minimum Gasteiger partial charge on any atom is -0.399 e. The summed E-state index contributed by atoms with van der Waals surface area (Å²) in [6.07, 6.45) is 1.53. The molecule has 0 spiro atoms. The third-order valence-corrected chi connectivity index (χ3v) is 4.00. The molecule has 0 aromatic heterocycles. The van der Waals surface area contributed by atoms with E-state index in [4.69, 9.17) is 15.0 Å². The minimum absolute atomic E-state index is 0.331. The highest BCUT2D eigenvalue weighted by molar-refractivity contribution is 6.62. The normalized spacial score (nSPS) is 21.0. The van der Waals surface area contributed by atoms with E-state index in [1.54, 1.807) is 0 Å². The zero-order chi connectivity index (χ0) is 15.0. The topological polar surface area (TPSA) is 56.8 Å². The molecular formula is C15H21BN2O2. The van der Waals surface area contributed by atoms with Crippen molar-refractivity contribution in [2.45, 2.75) is 38.9 Å². The molecule has 1 aromatic carbocycles. The lowest BCUT2D eigenvalue weighted by molar-refractivity contribution is 0.00578. The van der Waals surface area contributed by atoms with E-state index in [9.17, 15) is 0 Å². The van der Waals surface area contributed by atoms with E-state index in [1.807, 2.05) is 52.0 Å². The molecule has 4 nitrogen and oxygen atoms in total. The van der Waals surface area contributed by atoms with Gasteiger partial charge in [0.25, 0.3) is 0 Å². The highest BCUT2D eigenvalue weighted by Gasteiger charge is 2.51. The molecule has 20 heavy (non-hydrogen) atoms. The lowest BCUT2D eigenvalue weighted by atomic mass is 9.79. The van der Waals surface area contributed by atoms with Crippen molar-refractivity contribution in [2.24, 2.45) is 10.7 Å². The summed E-state index contributed by atoms with van der Waals surface area (Å²) in [4.78, 5) is 3.66. The van der Waals surface area contributed by atoms with Crippen LogP contribution in [-0.2, 0) is 9.31 Å². The first-order chi connectivity index (χ1) is 9.27. The summed E-state index contributed by atoms with van der Waals surface area (Å²) in [5.74, 6) is 0. The molecule has 1 aliphatic rings. The quantitative estimate of drug-likeness (QED) is 0.675. The molecule has 1 fully saturated rings. The van der Waals surface area contributed by atoms with Crippen molar-refractivity contribution in [3.05, 3.63) is 36.0 Å². The van der Waals surface area contributed by atoms with Crippen LogP contribution in [0.1, 0.15) is 33.3 Å². The summed E-state index contributed by atoms with van der Waals surface area (Å²) < 4.78 is 12.0. The molecule has 5 heteroatoms. The molecule has 1 aromatic rings. The molecule has 0 aliphatic carbocycles. The predicted octanol–water partition coefficient (Wildman–Crippen LogP) is 1.94. The lowest BCUT2D eigenvalue weighted by Gasteiger charge is -2.32. The third-order valence-electron chi connectivity index (χ3n) is 4.00. The molecule has 1 aliphatic heterocycles. The summed E-state index contributed by atoms with van der Waals surface area (Å²) in [6.45, 7) is 11.6. The number of hydrogen-bond acceptors (Lipinski definition) is 4. The van der Waals surface area contributed by atoms with Crippen LogP contribution in [0, 0.1) is 0 Å². The van der Waals surface area contributed by atoms with E-state index >= 15 is 0 Å². The fourth-order valence-electron chi connectivity index (χ4n) is 1.98. The van der Waals surface area contributed by atoms with Gasteiger partial charge in [-0.1, -0.05) is 24.3 Å². The van der Waals surface area contributed by atoms with E-state index in [0.717, 1.165) is 11.0 Å². The molecule has 0 bridgehead atoms. The second-order valence-corrected chi connectivity index (χ2v) is 5.98. The first kappa shape index (κ1) is 14.8. The summed E-state index contributed by atoms with van der Waals surface area (Å²) in [5.41, 5.74) is 7.66. The molecule has 1 heterocycles. The third kappa shape index (κ3) is 2.64. The predicted molar refractivity (Wildman–Crippen MR) is 83.9 cm³/mol. The number of nitrogens with zero attached hydrogens (tertiary/aromatic N) is 1. The van der Waals surface area contributed by atoms with Crippen molar-refractivity contribution in [3.8, 4) is 0 Å². The first-order valence-corrected chi connectivity index (χ1v) is 6.64. The van der Waals surface area contributed by atoms with Crippen LogP contribution in [0.25, 0.3) is 5.70 Å². The number of rotatable bonds is 3. The molecule has 0 atom stereocenters. The van der Waals surface area contributed by atoms with Crippen LogP contribution in [0.2, 0.25) is 0 Å². The molecule has 0 amide bonds. The Kier molecular flexibility index (Phi) is 3.76. The van der Waals surface area contributed by atoms with Crippen molar-refractivity contribution >= 4 is 25.0 Å². The molecule has 0 unspecified atom stereocenters. The van der Waals surface area contributed by atoms with Crippen molar-refractivity contribution in [2.75, 3.05) is 0 Å². The monoisotopic (exact) mass is 272 g/mol. The maximum absolute atomic E-state index is 6.00. The molecule has 2 N–H and O–H groups in total. The summed E-state index contributed by atoms with van der Waals surface area (Å²) in [6, 6.07) is 7.78. The summed E-state index contributed by atoms with van der Waals surface area (Å²) in [7, 11) is -0.350. The van der Waals surface area contributed by atoms with E-state index in [2.05, 4.69) is 11.7 Å². The Balaban J connectivity index is 2.20. The Morgan fingerprint density at radius 3 is 2.10 bits per heavy atom. The van der Waals surface area contributed by atoms with Gasteiger partial charge in [0, 0.05) is 6.20 Å². The summed E-state index contributed by atoms with van der Waals surface area (Å²) in [5, 5.41) is 0. The van der Waals surface area contributed by atoms with Gasteiger partial charge in [-0.2, -0.15) is 0 Å². The van der Waals surface area contributed by atoms with Gasteiger partial charge >= 0.3 is 7.12 Å². The minimum atomic E-state index is -0.350. The van der Waals surface area contributed by atoms with Gasteiger partial charge in [-0.15, -0.1) is 0 Å². The molecule has 0 saturated carbocycles. The molecule has 2 rings (SSSR count). The fraction of sp³-hybridized carbons (Fsp3) is 0.400. The second kappa shape index (κ2) is 5.07. The summed E-state index contributed by atoms with van der Waals surface area (Å²) >= 11 is 0. The Morgan fingerprint density at radius 1 is 1.15 bits per heavy atom. The van der Waals surface area contributed by atoms with Gasteiger partial charge in [0.1, 0.15) is 0 Å². The van der Waals surface area contributed by atoms with E-state index in [1.165, 1.54) is 6.20 Å². The molecule has 0 radical (unpaired) electrons. The van der Waals surface area contributed by atoms with Crippen LogP contribution in [0.15, 0.2) is 35.5 Å². The number of aliphatic imine (C=N–C) groups is 1. The Hall–Kier alpha value is -1.59. The van der Waals surface area contributed by atoms with Crippen molar-refractivity contribution in [3.63, 3.8) is 0 Å². The Morgan fingerprint density at radius 2 is 1.65 bits per heavy atom. The average molecular weight is 272 g/mol. The first-order valence-electron chi connectivity index (χ1n) is 6.64. The highest BCUT2D eigenvalue weighted by Crippen LogP contribution is 2.36. The molecular weight excluding hydrogens is 251 g/mol. The lowest BCUT2D eigenvalue weighted by Crippen LogP contribution is -2.41. The standard InChI is InChI=1S/C15H21BN2O2/c1-14(2)15(3,4)20-16(19-14)12-8-6-11(7-9-12)13(17)10-18-5/h6-10H,5,17H2,1-4H3/b13-10-. The Bertz CT molecular complexity index is 519. The Labute approximate surface area is 120 Å². The number of benzene rings is 1. The van der Waals surface area contributed by atoms with Gasteiger partial charge in [-0.3, -0.25) is 4.99 Å². The van der Waals surface area contributed by atoms with E-state index in [0.29, 0.717) is 5.70 Å². The zero-order valence-electron chi connectivity index (χ0n) is 12.5. The van der Waals surface area contributed by atoms with Gasteiger partial charge in [0.15, 0.2) is 0 Å². The van der Waals surface area contributed by atoms with Crippen LogP contribution in [0.5, 0.6) is 0 Å². The van der Waals surface area contributed by atoms with Crippen molar-refractivity contribution in [1.82, 2.24) is 0 Å². The van der Waals surface area contributed by atoms with Crippen LogP contribution in [-0.4, -0.2) is 25.0 Å². The van der Waals surface area contributed by atoms with Crippen LogP contribution in [0.3, 0.4) is 0 Å². The molecule has 106 valence electrons. The highest BCUT2D eigenvalue weighted by atomic mass is 16.7. The maximum Gasteiger partial charge on any atom is 0.494 e. The second-order valence-electron chi connectivity index (χ2n) is 5.98. The van der Waals surface area contributed by atoms with E-state index < -0.39 is 0 Å². The van der Waals surface area contributed by atoms with Crippen LogP contribution < -0.4 is 11.2 Å². The van der Waals surface area contributed by atoms with Gasteiger partial charge in [0.2, 0.25) is 0 Å². The number of nitrogens with two attached hydrogens (primary N) is 1. The largest absolute Gasteiger partial charge is 0.494 e. The molecule has 1 saturated heterocycles. The van der Waals surface area contributed by atoms with Gasteiger partial charge in [-0.05, 0) is 45.4 Å². The van der Waals surface area contributed by atoms with Gasteiger partial charge in [0.05, 0.1) is 16.9 Å².